The maximum absolute atomic E-state index is 13.6. The van der Waals surface area contributed by atoms with Crippen molar-refractivity contribution < 1.29 is 4.39 Å². The Morgan fingerprint density at radius 2 is 2.17 bits per heavy atom. The van der Waals surface area contributed by atoms with Crippen LogP contribution in [0.2, 0.25) is 0 Å². The van der Waals surface area contributed by atoms with Gasteiger partial charge in [0.05, 0.1) is 11.9 Å². The number of fused-ring (bicyclic) bond motifs is 2. The fourth-order valence-corrected chi connectivity index (χ4v) is 2.82. The molecule has 0 saturated heterocycles. The van der Waals surface area contributed by atoms with Crippen molar-refractivity contribution in [3.63, 3.8) is 0 Å². The number of halogens is 1. The van der Waals surface area contributed by atoms with Gasteiger partial charge in [0.25, 0.3) is 0 Å². The molecule has 0 aliphatic heterocycles. The molecule has 4 heterocycles. The molecule has 0 spiro atoms. The van der Waals surface area contributed by atoms with Crippen molar-refractivity contribution in [3.8, 4) is 11.4 Å². The summed E-state index contributed by atoms with van der Waals surface area (Å²) in [6.07, 6.45) is 2.93. The van der Waals surface area contributed by atoms with Gasteiger partial charge in [0.15, 0.2) is 11.6 Å². The molecule has 0 amide bonds. The lowest BCUT2D eigenvalue weighted by atomic mass is 10.2. The van der Waals surface area contributed by atoms with E-state index in [1.165, 1.54) is 12.3 Å². The van der Waals surface area contributed by atoms with Gasteiger partial charge in [-0.3, -0.25) is 0 Å². The first kappa shape index (κ1) is 14.6. The van der Waals surface area contributed by atoms with Crippen LogP contribution in [0.4, 0.5) is 10.2 Å². The zero-order valence-corrected chi connectivity index (χ0v) is 13.3. The van der Waals surface area contributed by atoms with E-state index in [1.54, 1.807) is 6.20 Å². The van der Waals surface area contributed by atoms with E-state index in [2.05, 4.69) is 30.7 Å². The molecule has 0 bridgehead atoms. The molecule has 8 heteroatoms. The summed E-state index contributed by atoms with van der Waals surface area (Å²) in [6, 6.07) is 5.41. The Labute approximate surface area is 136 Å². The molecule has 4 rings (SSSR count). The van der Waals surface area contributed by atoms with E-state index >= 15 is 0 Å². The van der Waals surface area contributed by atoms with Crippen molar-refractivity contribution >= 4 is 22.4 Å². The third-order valence-electron chi connectivity index (χ3n) is 3.92. The number of rotatable bonds is 4. The molecule has 0 fully saturated rings. The maximum atomic E-state index is 13.6. The SMILES string of the molecule is CNCc1ccc2c(NC)nc(-c3c[nH]c4ncc(F)cc34)nn12. The summed E-state index contributed by atoms with van der Waals surface area (Å²) in [5.74, 6) is 0.815. The topological polar surface area (TPSA) is 82.9 Å². The van der Waals surface area contributed by atoms with Gasteiger partial charge in [-0.05, 0) is 25.2 Å². The average Bonchev–Trinajstić information content (AvgIpc) is 3.18. The van der Waals surface area contributed by atoms with E-state index in [4.69, 9.17) is 0 Å². The van der Waals surface area contributed by atoms with Gasteiger partial charge in [-0.15, -0.1) is 5.10 Å². The quantitative estimate of drug-likeness (QED) is 0.536. The second kappa shape index (κ2) is 5.57. The zero-order valence-electron chi connectivity index (χ0n) is 13.3. The molecule has 122 valence electrons. The predicted octanol–water partition coefficient (Wildman–Crippen LogP) is 2.17. The second-order valence-corrected chi connectivity index (χ2v) is 5.44. The summed E-state index contributed by atoms with van der Waals surface area (Å²) in [4.78, 5) is 11.7. The number of aromatic nitrogens is 5. The first-order valence-corrected chi connectivity index (χ1v) is 7.55. The number of hydrogen-bond donors (Lipinski definition) is 3. The minimum absolute atomic E-state index is 0.393. The van der Waals surface area contributed by atoms with E-state index in [9.17, 15) is 4.39 Å². The monoisotopic (exact) mass is 325 g/mol. The summed E-state index contributed by atoms with van der Waals surface area (Å²) in [6.45, 7) is 0.678. The minimum atomic E-state index is -0.393. The van der Waals surface area contributed by atoms with Crippen LogP contribution in [-0.2, 0) is 6.54 Å². The van der Waals surface area contributed by atoms with E-state index in [-0.39, 0.29) is 0 Å². The van der Waals surface area contributed by atoms with E-state index in [1.807, 2.05) is 30.7 Å². The van der Waals surface area contributed by atoms with Gasteiger partial charge in [-0.1, -0.05) is 0 Å². The average molecular weight is 325 g/mol. The molecule has 4 aromatic rings. The Morgan fingerprint density at radius 1 is 1.29 bits per heavy atom. The van der Waals surface area contributed by atoms with Gasteiger partial charge in [-0.25, -0.2) is 18.9 Å². The van der Waals surface area contributed by atoms with Crippen LogP contribution in [0.3, 0.4) is 0 Å². The molecule has 0 aliphatic carbocycles. The standard InChI is InChI=1S/C16H16FN7/c1-18-7-10-3-4-13-16(19-2)22-15(23-24(10)13)12-8-21-14-11(12)5-9(17)6-20-14/h3-6,8,18H,7H2,1-2H3,(H,20,21)(H,19,22,23). The Bertz CT molecular complexity index is 1030. The molecule has 7 nitrogen and oxygen atoms in total. The van der Waals surface area contributed by atoms with Crippen LogP contribution in [-0.4, -0.2) is 38.7 Å². The number of nitrogens with zero attached hydrogens (tertiary/aromatic N) is 4. The fourth-order valence-electron chi connectivity index (χ4n) is 2.82. The Kier molecular flexibility index (Phi) is 3.39. The van der Waals surface area contributed by atoms with Crippen molar-refractivity contribution in [2.24, 2.45) is 0 Å². The van der Waals surface area contributed by atoms with Gasteiger partial charge >= 0.3 is 0 Å². The van der Waals surface area contributed by atoms with Crippen LogP contribution in [0, 0.1) is 5.82 Å². The van der Waals surface area contributed by atoms with Crippen LogP contribution in [0.25, 0.3) is 27.9 Å². The molecule has 0 unspecified atom stereocenters. The van der Waals surface area contributed by atoms with Gasteiger partial charge < -0.3 is 15.6 Å². The van der Waals surface area contributed by atoms with Crippen molar-refractivity contribution in [2.75, 3.05) is 19.4 Å². The summed E-state index contributed by atoms with van der Waals surface area (Å²) < 4.78 is 15.4. The number of aromatic amines is 1. The zero-order chi connectivity index (χ0) is 16.7. The first-order valence-electron chi connectivity index (χ1n) is 7.55. The molecule has 24 heavy (non-hydrogen) atoms. The van der Waals surface area contributed by atoms with Gasteiger partial charge in [0.1, 0.15) is 17.0 Å². The van der Waals surface area contributed by atoms with Crippen LogP contribution in [0.5, 0.6) is 0 Å². The lowest BCUT2D eigenvalue weighted by Crippen LogP contribution is -2.11. The number of anilines is 1. The van der Waals surface area contributed by atoms with Crippen molar-refractivity contribution in [2.45, 2.75) is 6.54 Å². The van der Waals surface area contributed by atoms with E-state index < -0.39 is 5.82 Å². The molecule has 0 atom stereocenters. The molecule has 0 radical (unpaired) electrons. The Morgan fingerprint density at radius 3 is 2.96 bits per heavy atom. The number of nitrogens with one attached hydrogen (secondary N) is 3. The van der Waals surface area contributed by atoms with E-state index in [0.717, 1.165) is 11.2 Å². The summed E-state index contributed by atoms with van der Waals surface area (Å²) in [5.41, 5.74) is 3.20. The summed E-state index contributed by atoms with van der Waals surface area (Å²) in [5, 5.41) is 11.5. The number of pyridine rings is 1. The Balaban J connectivity index is 1.98. The van der Waals surface area contributed by atoms with Crippen LogP contribution in [0.15, 0.2) is 30.6 Å². The highest BCUT2D eigenvalue weighted by molar-refractivity contribution is 5.92. The third-order valence-corrected chi connectivity index (χ3v) is 3.92. The van der Waals surface area contributed by atoms with Crippen LogP contribution in [0.1, 0.15) is 5.69 Å². The maximum Gasteiger partial charge on any atom is 0.184 e. The highest BCUT2D eigenvalue weighted by atomic mass is 19.1. The van der Waals surface area contributed by atoms with Crippen LogP contribution < -0.4 is 10.6 Å². The summed E-state index contributed by atoms with van der Waals surface area (Å²) in [7, 11) is 3.70. The molecule has 0 aromatic carbocycles. The minimum Gasteiger partial charge on any atom is -0.371 e. The summed E-state index contributed by atoms with van der Waals surface area (Å²) >= 11 is 0. The van der Waals surface area contributed by atoms with Crippen molar-refractivity contribution in [1.82, 2.24) is 29.9 Å². The fraction of sp³-hybridized carbons (Fsp3) is 0.188. The highest BCUT2D eigenvalue weighted by Crippen LogP contribution is 2.28. The normalized spacial score (nSPS) is 11.5. The van der Waals surface area contributed by atoms with Gasteiger partial charge in [0, 0.05) is 30.7 Å². The molecular weight excluding hydrogens is 309 g/mol. The van der Waals surface area contributed by atoms with Gasteiger partial charge in [-0.2, -0.15) is 0 Å². The van der Waals surface area contributed by atoms with Crippen molar-refractivity contribution in [3.05, 3.63) is 42.1 Å². The Hall–Kier alpha value is -3.00. The van der Waals surface area contributed by atoms with E-state index in [0.29, 0.717) is 34.8 Å². The molecule has 3 N–H and O–H groups in total. The number of hydrogen-bond acceptors (Lipinski definition) is 5. The third kappa shape index (κ3) is 2.19. The highest BCUT2D eigenvalue weighted by Gasteiger charge is 2.15. The number of H-pyrrole nitrogens is 1. The second-order valence-electron chi connectivity index (χ2n) is 5.44. The smallest absolute Gasteiger partial charge is 0.184 e. The molecule has 0 saturated carbocycles. The predicted molar refractivity (Wildman–Crippen MR) is 90.3 cm³/mol. The van der Waals surface area contributed by atoms with Gasteiger partial charge in [0.2, 0.25) is 0 Å². The van der Waals surface area contributed by atoms with Crippen molar-refractivity contribution in [1.29, 1.82) is 0 Å². The lowest BCUT2D eigenvalue weighted by Gasteiger charge is -2.08. The molecule has 0 aliphatic rings. The molecular formula is C16H16FN7. The molecule has 4 aromatic heterocycles. The largest absolute Gasteiger partial charge is 0.371 e. The first-order chi connectivity index (χ1) is 11.7. The lowest BCUT2D eigenvalue weighted by molar-refractivity contribution is 0.624. The van der Waals surface area contributed by atoms with Crippen LogP contribution >= 0.6 is 0 Å².